The molecule has 3 heteroatoms. The molecule has 1 N–H and O–H groups in total. The van der Waals surface area contributed by atoms with E-state index >= 15 is 0 Å². The molecular weight excluding hydrogens is 326 g/mol. The number of nitrogens with one attached hydrogen (secondary N) is 1. The summed E-state index contributed by atoms with van der Waals surface area (Å²) >= 11 is 1.62. The van der Waals surface area contributed by atoms with E-state index in [4.69, 9.17) is 0 Å². The van der Waals surface area contributed by atoms with Gasteiger partial charge >= 0.3 is 0 Å². The van der Waals surface area contributed by atoms with Crippen molar-refractivity contribution in [2.24, 2.45) is 0 Å². The van der Waals surface area contributed by atoms with Crippen LogP contribution in [0.15, 0.2) is 53.4 Å². The second-order valence-electron chi connectivity index (χ2n) is 6.45. The fraction of sp³-hybridized carbons (Fsp3) is 0.227. The van der Waals surface area contributed by atoms with Crippen LogP contribution < -0.4 is 5.32 Å². The minimum atomic E-state index is 0.0271. The minimum Gasteiger partial charge on any atom is -0.325 e. The summed E-state index contributed by atoms with van der Waals surface area (Å²) in [5.74, 6) is 0.438. The lowest BCUT2D eigenvalue weighted by molar-refractivity contribution is -0.113. The molecule has 3 aromatic rings. The highest BCUT2D eigenvalue weighted by Crippen LogP contribution is 2.31. The van der Waals surface area contributed by atoms with Crippen molar-refractivity contribution >= 4 is 34.1 Å². The Bertz CT molecular complexity index is 915. The topological polar surface area (TPSA) is 29.1 Å². The highest BCUT2D eigenvalue weighted by molar-refractivity contribution is 8.00. The summed E-state index contributed by atoms with van der Waals surface area (Å²) in [7, 11) is 0. The van der Waals surface area contributed by atoms with E-state index in [1.807, 2.05) is 30.3 Å². The van der Waals surface area contributed by atoms with Gasteiger partial charge in [0.25, 0.3) is 0 Å². The average molecular weight is 349 g/mol. The van der Waals surface area contributed by atoms with Crippen LogP contribution in [0.4, 0.5) is 5.69 Å². The third kappa shape index (κ3) is 3.72. The van der Waals surface area contributed by atoms with Crippen molar-refractivity contribution in [3.8, 4) is 0 Å². The molecule has 2 nitrogen and oxygen atoms in total. The number of fused-ring (bicyclic) bond motifs is 1. The van der Waals surface area contributed by atoms with Gasteiger partial charge in [-0.2, -0.15) is 0 Å². The molecule has 0 heterocycles. The van der Waals surface area contributed by atoms with Crippen molar-refractivity contribution in [3.05, 3.63) is 70.8 Å². The lowest BCUT2D eigenvalue weighted by Gasteiger charge is -2.15. The predicted molar refractivity (Wildman–Crippen MR) is 109 cm³/mol. The summed E-state index contributed by atoms with van der Waals surface area (Å²) in [4.78, 5) is 13.7. The fourth-order valence-corrected chi connectivity index (χ4v) is 4.16. The van der Waals surface area contributed by atoms with Crippen molar-refractivity contribution in [3.63, 3.8) is 0 Å². The third-order valence-electron chi connectivity index (χ3n) is 4.71. The lowest BCUT2D eigenvalue weighted by Crippen LogP contribution is -2.14. The summed E-state index contributed by atoms with van der Waals surface area (Å²) in [6, 6.07) is 16.3. The molecule has 0 saturated carbocycles. The zero-order chi connectivity index (χ0) is 18.0. The van der Waals surface area contributed by atoms with E-state index in [0.717, 1.165) is 16.5 Å². The van der Waals surface area contributed by atoms with Crippen molar-refractivity contribution in [2.75, 3.05) is 11.1 Å². The zero-order valence-corrected chi connectivity index (χ0v) is 16.0. The largest absolute Gasteiger partial charge is 0.325 e. The van der Waals surface area contributed by atoms with Crippen molar-refractivity contribution in [2.45, 2.75) is 32.6 Å². The maximum Gasteiger partial charge on any atom is 0.234 e. The Morgan fingerprint density at radius 2 is 1.56 bits per heavy atom. The number of benzene rings is 3. The van der Waals surface area contributed by atoms with Crippen LogP contribution in [-0.4, -0.2) is 11.7 Å². The maximum absolute atomic E-state index is 12.5. The molecule has 0 aliphatic rings. The van der Waals surface area contributed by atoms with E-state index < -0.39 is 0 Å². The first-order valence-corrected chi connectivity index (χ1v) is 9.43. The lowest BCUT2D eigenvalue weighted by atomic mass is 10.0. The minimum absolute atomic E-state index is 0.0271. The van der Waals surface area contributed by atoms with Crippen LogP contribution in [0, 0.1) is 27.7 Å². The van der Waals surface area contributed by atoms with Gasteiger partial charge in [-0.05, 0) is 61.4 Å². The summed E-state index contributed by atoms with van der Waals surface area (Å²) in [5, 5.41) is 5.27. The van der Waals surface area contributed by atoms with Crippen LogP contribution in [0.25, 0.3) is 10.8 Å². The number of thioether (sulfide) groups is 1. The molecule has 0 aliphatic carbocycles. The van der Waals surface area contributed by atoms with Gasteiger partial charge < -0.3 is 5.32 Å². The van der Waals surface area contributed by atoms with Crippen molar-refractivity contribution < 1.29 is 4.79 Å². The molecule has 0 spiro atoms. The number of hydrogen-bond donors (Lipinski definition) is 1. The van der Waals surface area contributed by atoms with Gasteiger partial charge in [0.2, 0.25) is 5.91 Å². The number of amides is 1. The van der Waals surface area contributed by atoms with Gasteiger partial charge in [-0.15, -0.1) is 11.8 Å². The molecule has 128 valence electrons. The van der Waals surface area contributed by atoms with E-state index in [1.54, 1.807) is 11.8 Å². The Labute approximate surface area is 153 Å². The fourth-order valence-electron chi connectivity index (χ4n) is 3.06. The van der Waals surface area contributed by atoms with Crippen LogP contribution in [0.2, 0.25) is 0 Å². The first kappa shape index (κ1) is 17.6. The predicted octanol–water partition coefficient (Wildman–Crippen LogP) is 5.80. The highest BCUT2D eigenvalue weighted by Gasteiger charge is 2.12. The van der Waals surface area contributed by atoms with E-state index in [0.29, 0.717) is 5.75 Å². The van der Waals surface area contributed by atoms with E-state index in [-0.39, 0.29) is 5.91 Å². The smallest absolute Gasteiger partial charge is 0.234 e. The van der Waals surface area contributed by atoms with Crippen LogP contribution in [-0.2, 0) is 4.79 Å². The number of carbonyl (C=O) groups is 1. The number of aryl methyl sites for hydroxylation is 2. The monoisotopic (exact) mass is 349 g/mol. The first-order valence-electron chi connectivity index (χ1n) is 8.45. The van der Waals surface area contributed by atoms with E-state index in [9.17, 15) is 4.79 Å². The molecule has 1 amide bonds. The standard InChI is InChI=1S/C22H23NOS/c1-14-12-15(2)17(4)22(16(14)3)25-13-21(24)23-20-11-7-9-18-8-5-6-10-19(18)20/h5-12H,13H2,1-4H3,(H,23,24). The number of carbonyl (C=O) groups excluding carboxylic acids is 1. The summed E-state index contributed by atoms with van der Waals surface area (Å²) < 4.78 is 0. The van der Waals surface area contributed by atoms with Crippen LogP contribution in [0.3, 0.4) is 0 Å². The number of rotatable bonds is 4. The number of anilines is 1. The van der Waals surface area contributed by atoms with E-state index in [2.05, 4.69) is 51.2 Å². The highest BCUT2D eigenvalue weighted by atomic mass is 32.2. The Hall–Kier alpha value is -2.26. The summed E-state index contributed by atoms with van der Waals surface area (Å²) in [6.07, 6.45) is 0. The zero-order valence-electron chi connectivity index (χ0n) is 15.1. The molecule has 3 aromatic carbocycles. The van der Waals surface area contributed by atoms with Gasteiger partial charge in [-0.1, -0.05) is 42.5 Å². The molecule has 0 aromatic heterocycles. The Kier molecular flexibility index (Phi) is 5.14. The van der Waals surface area contributed by atoms with Crippen LogP contribution in [0.5, 0.6) is 0 Å². The molecule has 0 unspecified atom stereocenters. The molecular formula is C22H23NOS. The molecule has 0 aliphatic heterocycles. The number of hydrogen-bond acceptors (Lipinski definition) is 2. The van der Waals surface area contributed by atoms with Crippen LogP contribution >= 0.6 is 11.8 Å². The Morgan fingerprint density at radius 3 is 2.28 bits per heavy atom. The third-order valence-corrected chi connectivity index (χ3v) is 6.02. The summed E-state index contributed by atoms with van der Waals surface area (Å²) in [5.41, 5.74) is 5.97. The SMILES string of the molecule is Cc1cc(C)c(C)c(SCC(=O)Nc2cccc3ccccc23)c1C. The second kappa shape index (κ2) is 7.32. The molecule has 0 saturated heterocycles. The molecule has 0 bridgehead atoms. The molecule has 3 rings (SSSR count). The van der Waals surface area contributed by atoms with Gasteiger partial charge in [-0.25, -0.2) is 0 Å². The van der Waals surface area contributed by atoms with Crippen molar-refractivity contribution in [1.29, 1.82) is 0 Å². The van der Waals surface area contributed by atoms with Gasteiger partial charge in [0.15, 0.2) is 0 Å². The molecule has 0 fully saturated rings. The Balaban J connectivity index is 1.76. The van der Waals surface area contributed by atoms with Crippen LogP contribution in [0.1, 0.15) is 22.3 Å². The maximum atomic E-state index is 12.5. The van der Waals surface area contributed by atoms with E-state index in [1.165, 1.54) is 27.1 Å². The molecule has 0 radical (unpaired) electrons. The molecule has 25 heavy (non-hydrogen) atoms. The van der Waals surface area contributed by atoms with Gasteiger partial charge in [0.1, 0.15) is 0 Å². The van der Waals surface area contributed by atoms with Crippen molar-refractivity contribution in [1.82, 2.24) is 0 Å². The normalized spacial score (nSPS) is 10.9. The summed E-state index contributed by atoms with van der Waals surface area (Å²) in [6.45, 7) is 8.52. The quantitative estimate of drug-likeness (QED) is 0.603. The average Bonchev–Trinajstić information content (AvgIpc) is 2.60. The van der Waals surface area contributed by atoms with Gasteiger partial charge in [-0.3, -0.25) is 4.79 Å². The molecule has 0 atom stereocenters. The first-order chi connectivity index (χ1) is 12.0. The Morgan fingerprint density at radius 1 is 0.920 bits per heavy atom. The van der Waals surface area contributed by atoms with Gasteiger partial charge in [0.05, 0.1) is 5.75 Å². The van der Waals surface area contributed by atoms with Gasteiger partial charge in [0, 0.05) is 16.0 Å². The second-order valence-corrected chi connectivity index (χ2v) is 7.44.